The smallest absolute Gasteiger partial charge is 0.333 e. The van der Waals surface area contributed by atoms with Crippen LogP contribution < -0.4 is 11.2 Å². The SMILES string of the molecule is O=c1cc(O)n(C[C@H](F)c2ccc(F)c(F)c2)c(=O)n1C[C@@H](F)c1ccc(F)c(F)c1. The molecule has 1 heterocycles. The summed E-state index contributed by atoms with van der Waals surface area (Å²) in [5.41, 5.74) is -3.10. The Morgan fingerprint density at radius 1 is 0.710 bits per heavy atom. The van der Waals surface area contributed by atoms with E-state index in [1.807, 2.05) is 0 Å². The molecular formula is C20H14F6N2O3. The molecule has 3 aromatic rings. The fraction of sp³-hybridized carbons (Fsp3) is 0.200. The summed E-state index contributed by atoms with van der Waals surface area (Å²) in [7, 11) is 0. The van der Waals surface area contributed by atoms with Gasteiger partial charge in [-0.3, -0.25) is 13.9 Å². The van der Waals surface area contributed by atoms with E-state index in [0.29, 0.717) is 39.5 Å². The van der Waals surface area contributed by atoms with Crippen molar-refractivity contribution in [2.45, 2.75) is 25.4 Å². The second kappa shape index (κ2) is 8.70. The number of halogens is 6. The minimum atomic E-state index is -2.11. The first-order valence-corrected chi connectivity index (χ1v) is 8.80. The first-order valence-electron chi connectivity index (χ1n) is 8.80. The van der Waals surface area contributed by atoms with Gasteiger partial charge in [0, 0.05) is 0 Å². The second-order valence-corrected chi connectivity index (χ2v) is 6.63. The van der Waals surface area contributed by atoms with Crippen LogP contribution in [0.15, 0.2) is 52.1 Å². The summed E-state index contributed by atoms with van der Waals surface area (Å²) < 4.78 is 82.5. The van der Waals surface area contributed by atoms with Crippen LogP contribution in [-0.4, -0.2) is 14.2 Å². The Labute approximate surface area is 170 Å². The van der Waals surface area contributed by atoms with Crippen molar-refractivity contribution in [1.82, 2.24) is 9.13 Å². The molecule has 0 aliphatic carbocycles. The third-order valence-electron chi connectivity index (χ3n) is 4.55. The summed E-state index contributed by atoms with van der Waals surface area (Å²) in [5.74, 6) is -6.02. The molecule has 0 saturated heterocycles. The van der Waals surface area contributed by atoms with Gasteiger partial charge in [0.25, 0.3) is 5.56 Å². The number of benzene rings is 2. The molecule has 164 valence electrons. The summed E-state index contributed by atoms with van der Waals surface area (Å²) in [6.45, 7) is -1.82. The van der Waals surface area contributed by atoms with Gasteiger partial charge < -0.3 is 5.11 Å². The van der Waals surface area contributed by atoms with E-state index < -0.39 is 65.8 Å². The van der Waals surface area contributed by atoms with Crippen molar-refractivity contribution in [3.8, 4) is 5.88 Å². The van der Waals surface area contributed by atoms with Crippen LogP contribution in [0.5, 0.6) is 5.88 Å². The lowest BCUT2D eigenvalue weighted by Crippen LogP contribution is -2.40. The van der Waals surface area contributed by atoms with E-state index in [2.05, 4.69) is 0 Å². The molecule has 3 rings (SSSR count). The van der Waals surface area contributed by atoms with Crippen molar-refractivity contribution in [3.05, 3.63) is 97.7 Å². The lowest BCUT2D eigenvalue weighted by molar-refractivity contribution is 0.260. The average molecular weight is 444 g/mol. The molecule has 11 heteroatoms. The predicted octanol–water partition coefficient (Wildman–Crippen LogP) is 3.69. The van der Waals surface area contributed by atoms with Crippen LogP contribution in [0.4, 0.5) is 26.3 Å². The number of aromatic hydroxyl groups is 1. The Kier molecular flexibility index (Phi) is 6.23. The van der Waals surface area contributed by atoms with Crippen LogP contribution in [0.25, 0.3) is 0 Å². The highest BCUT2D eigenvalue weighted by Crippen LogP contribution is 2.23. The number of rotatable bonds is 6. The van der Waals surface area contributed by atoms with Gasteiger partial charge in [-0.25, -0.2) is 31.1 Å². The molecule has 0 bridgehead atoms. The average Bonchev–Trinajstić information content (AvgIpc) is 2.72. The molecule has 1 aromatic heterocycles. The molecule has 0 amide bonds. The first kappa shape index (κ1) is 22.2. The van der Waals surface area contributed by atoms with E-state index >= 15 is 0 Å². The van der Waals surface area contributed by atoms with Gasteiger partial charge >= 0.3 is 5.69 Å². The van der Waals surface area contributed by atoms with E-state index in [-0.39, 0.29) is 11.1 Å². The molecular weight excluding hydrogens is 430 g/mol. The molecule has 0 aliphatic rings. The maximum atomic E-state index is 14.5. The van der Waals surface area contributed by atoms with E-state index in [1.165, 1.54) is 0 Å². The Bertz CT molecular complexity index is 1240. The van der Waals surface area contributed by atoms with Gasteiger partial charge in [0.2, 0.25) is 5.88 Å². The summed E-state index contributed by atoms with van der Waals surface area (Å²) >= 11 is 0. The van der Waals surface area contributed by atoms with Crippen molar-refractivity contribution >= 4 is 0 Å². The molecule has 0 aliphatic heterocycles. The molecule has 0 unspecified atom stereocenters. The maximum absolute atomic E-state index is 14.5. The summed E-state index contributed by atoms with van der Waals surface area (Å²) in [4.78, 5) is 24.6. The number of hydrogen-bond acceptors (Lipinski definition) is 3. The normalized spacial score (nSPS) is 13.2. The lowest BCUT2D eigenvalue weighted by Gasteiger charge is -2.16. The fourth-order valence-corrected chi connectivity index (χ4v) is 2.89. The van der Waals surface area contributed by atoms with E-state index in [4.69, 9.17) is 0 Å². The highest BCUT2D eigenvalue weighted by atomic mass is 19.2. The van der Waals surface area contributed by atoms with Crippen LogP contribution in [0.2, 0.25) is 0 Å². The Hall–Kier alpha value is -3.50. The maximum Gasteiger partial charge on any atom is 0.333 e. The number of aromatic nitrogens is 2. The quantitative estimate of drug-likeness (QED) is 0.590. The van der Waals surface area contributed by atoms with Gasteiger partial charge in [-0.15, -0.1) is 0 Å². The molecule has 1 N–H and O–H groups in total. The van der Waals surface area contributed by atoms with Crippen LogP contribution in [0.1, 0.15) is 23.5 Å². The zero-order valence-electron chi connectivity index (χ0n) is 15.5. The Morgan fingerprint density at radius 2 is 1.16 bits per heavy atom. The minimum Gasteiger partial charge on any atom is -0.494 e. The van der Waals surface area contributed by atoms with Crippen molar-refractivity contribution < 1.29 is 31.4 Å². The minimum absolute atomic E-state index is 0.337. The first-order chi connectivity index (χ1) is 14.6. The highest BCUT2D eigenvalue weighted by Gasteiger charge is 2.21. The summed E-state index contributed by atoms with van der Waals surface area (Å²) in [5, 5.41) is 9.87. The molecule has 31 heavy (non-hydrogen) atoms. The van der Waals surface area contributed by atoms with Crippen LogP contribution in [-0.2, 0) is 13.1 Å². The molecule has 2 atom stereocenters. The Morgan fingerprint density at radius 3 is 1.61 bits per heavy atom. The zero-order valence-corrected chi connectivity index (χ0v) is 15.5. The topological polar surface area (TPSA) is 64.2 Å². The van der Waals surface area contributed by atoms with Crippen molar-refractivity contribution in [1.29, 1.82) is 0 Å². The summed E-state index contributed by atoms with van der Waals surface area (Å²) in [6, 6.07) is 4.87. The van der Waals surface area contributed by atoms with E-state index in [9.17, 15) is 41.0 Å². The third-order valence-corrected chi connectivity index (χ3v) is 4.55. The van der Waals surface area contributed by atoms with Crippen LogP contribution >= 0.6 is 0 Å². The number of nitrogens with zero attached hydrogens (tertiary/aromatic N) is 2. The van der Waals surface area contributed by atoms with Gasteiger partial charge in [0.15, 0.2) is 23.3 Å². The Balaban J connectivity index is 1.92. The van der Waals surface area contributed by atoms with Gasteiger partial charge in [-0.05, 0) is 35.4 Å². The van der Waals surface area contributed by atoms with E-state index in [0.717, 1.165) is 12.1 Å². The molecule has 0 radical (unpaired) electrons. The second-order valence-electron chi connectivity index (χ2n) is 6.63. The lowest BCUT2D eigenvalue weighted by atomic mass is 10.1. The van der Waals surface area contributed by atoms with Gasteiger partial charge in [0.1, 0.15) is 12.3 Å². The fourth-order valence-electron chi connectivity index (χ4n) is 2.89. The summed E-state index contributed by atoms with van der Waals surface area (Å²) in [6.07, 6.45) is -4.19. The molecule has 5 nitrogen and oxygen atoms in total. The van der Waals surface area contributed by atoms with Crippen molar-refractivity contribution in [2.24, 2.45) is 0 Å². The number of hydrogen-bond donors (Lipinski definition) is 1. The monoisotopic (exact) mass is 444 g/mol. The van der Waals surface area contributed by atoms with Crippen LogP contribution in [0, 0.1) is 23.3 Å². The van der Waals surface area contributed by atoms with Crippen molar-refractivity contribution in [2.75, 3.05) is 0 Å². The standard InChI is InChI=1S/C20H14F6N2O3/c21-12-3-1-10(5-14(12)23)16(25)8-27-18(29)7-19(30)28(20(27)31)9-17(26)11-2-4-13(22)15(24)6-11/h1-7,16-17,29H,8-9H2/t16-,17+/m0/s1. The third kappa shape index (κ3) is 4.65. The highest BCUT2D eigenvalue weighted by molar-refractivity contribution is 5.22. The van der Waals surface area contributed by atoms with Gasteiger partial charge in [-0.1, -0.05) is 12.1 Å². The number of alkyl halides is 2. The largest absolute Gasteiger partial charge is 0.494 e. The molecule has 0 fully saturated rings. The predicted molar refractivity (Wildman–Crippen MR) is 97.0 cm³/mol. The van der Waals surface area contributed by atoms with Gasteiger partial charge in [0.05, 0.1) is 19.2 Å². The van der Waals surface area contributed by atoms with Gasteiger partial charge in [-0.2, -0.15) is 0 Å². The molecule has 0 saturated carbocycles. The zero-order chi connectivity index (χ0) is 22.9. The van der Waals surface area contributed by atoms with E-state index in [1.54, 1.807) is 0 Å². The molecule has 2 aromatic carbocycles. The van der Waals surface area contributed by atoms with Crippen molar-refractivity contribution in [3.63, 3.8) is 0 Å². The molecule has 0 spiro atoms. The van der Waals surface area contributed by atoms with Crippen LogP contribution in [0.3, 0.4) is 0 Å².